The first kappa shape index (κ1) is 18.5. The van der Waals surface area contributed by atoms with Crippen LogP contribution in [0.5, 0.6) is 0 Å². The van der Waals surface area contributed by atoms with Crippen molar-refractivity contribution in [1.82, 2.24) is 0 Å². The van der Waals surface area contributed by atoms with E-state index in [-0.39, 0.29) is 28.5 Å². The van der Waals surface area contributed by atoms with Gasteiger partial charge in [0.05, 0.1) is 4.92 Å². The minimum Gasteiger partial charge on any atom is -0.457 e. The van der Waals surface area contributed by atoms with Crippen molar-refractivity contribution in [1.29, 1.82) is 5.26 Å². The Morgan fingerprint density at radius 1 is 1.14 bits per heavy atom. The molecule has 0 atom stereocenters. The molecule has 0 spiro atoms. The van der Waals surface area contributed by atoms with Crippen LogP contribution >= 0.6 is 0 Å². The van der Waals surface area contributed by atoms with E-state index in [1.54, 1.807) is 18.2 Å². The Labute approximate surface area is 158 Å². The maximum absolute atomic E-state index is 13.0. The summed E-state index contributed by atoms with van der Waals surface area (Å²) >= 11 is 0. The lowest BCUT2D eigenvalue weighted by molar-refractivity contribution is -0.383. The lowest BCUT2D eigenvalue weighted by Crippen LogP contribution is -2.14. The number of nitro benzene ring substituents is 1. The van der Waals surface area contributed by atoms with Crippen molar-refractivity contribution in [3.63, 3.8) is 0 Å². The van der Waals surface area contributed by atoms with E-state index in [0.717, 1.165) is 0 Å². The average molecular weight is 377 g/mol. The fraction of sp³-hybridized carbons (Fsp3) is 0. The standard InChI is InChI=1S/C20H12FN3O4/c21-15-7-5-13(6-8-15)19-10-9-16(28-19)11-14(12-22)20(25)23-17-3-1-2-4-18(17)24(26)27/h1-11H,(H,23,25)/b14-11+. The predicted molar refractivity (Wildman–Crippen MR) is 99.4 cm³/mol. The Hall–Kier alpha value is -4.25. The van der Waals surface area contributed by atoms with Gasteiger partial charge in [-0.2, -0.15) is 5.26 Å². The maximum Gasteiger partial charge on any atom is 0.292 e. The second-order valence-electron chi connectivity index (χ2n) is 5.61. The molecular weight excluding hydrogens is 365 g/mol. The fourth-order valence-corrected chi connectivity index (χ4v) is 2.42. The van der Waals surface area contributed by atoms with Crippen LogP contribution in [0.25, 0.3) is 17.4 Å². The number of hydrogen-bond acceptors (Lipinski definition) is 5. The first-order valence-corrected chi connectivity index (χ1v) is 8.00. The van der Waals surface area contributed by atoms with Crippen LogP contribution in [0.15, 0.2) is 70.7 Å². The van der Waals surface area contributed by atoms with E-state index in [2.05, 4.69) is 5.32 Å². The van der Waals surface area contributed by atoms with E-state index in [0.29, 0.717) is 11.3 Å². The fourth-order valence-electron chi connectivity index (χ4n) is 2.42. The molecule has 0 bridgehead atoms. The second kappa shape index (κ2) is 7.97. The molecule has 1 aromatic heterocycles. The second-order valence-corrected chi connectivity index (χ2v) is 5.61. The smallest absolute Gasteiger partial charge is 0.292 e. The third kappa shape index (κ3) is 4.11. The Morgan fingerprint density at radius 3 is 2.54 bits per heavy atom. The molecule has 0 saturated carbocycles. The van der Waals surface area contributed by atoms with E-state index < -0.39 is 10.8 Å². The summed E-state index contributed by atoms with van der Waals surface area (Å²) < 4.78 is 18.6. The molecule has 0 aliphatic carbocycles. The van der Waals surface area contributed by atoms with Gasteiger partial charge in [0.25, 0.3) is 11.6 Å². The van der Waals surface area contributed by atoms with Crippen LogP contribution in [-0.2, 0) is 4.79 Å². The monoisotopic (exact) mass is 377 g/mol. The van der Waals surface area contributed by atoms with Crippen molar-refractivity contribution in [2.75, 3.05) is 5.32 Å². The number of rotatable bonds is 5. The third-order valence-electron chi connectivity index (χ3n) is 3.76. The predicted octanol–water partition coefficient (Wildman–Crippen LogP) is 4.54. The molecule has 28 heavy (non-hydrogen) atoms. The van der Waals surface area contributed by atoms with E-state index in [1.165, 1.54) is 54.6 Å². The lowest BCUT2D eigenvalue weighted by Gasteiger charge is -2.04. The number of anilines is 1. The molecule has 0 fully saturated rings. The van der Waals surface area contributed by atoms with Gasteiger partial charge in [0, 0.05) is 17.7 Å². The van der Waals surface area contributed by atoms with Gasteiger partial charge in [0.2, 0.25) is 0 Å². The summed E-state index contributed by atoms with van der Waals surface area (Å²) in [6, 6.07) is 16.2. The number of benzene rings is 2. The lowest BCUT2D eigenvalue weighted by atomic mass is 10.2. The van der Waals surface area contributed by atoms with Gasteiger partial charge >= 0.3 is 0 Å². The van der Waals surface area contributed by atoms with E-state index >= 15 is 0 Å². The van der Waals surface area contributed by atoms with Crippen LogP contribution in [0.3, 0.4) is 0 Å². The zero-order valence-electron chi connectivity index (χ0n) is 14.3. The minimum absolute atomic E-state index is 0.0231. The van der Waals surface area contributed by atoms with Crippen LogP contribution in [0.1, 0.15) is 5.76 Å². The van der Waals surface area contributed by atoms with E-state index in [9.17, 15) is 24.6 Å². The highest BCUT2D eigenvalue weighted by atomic mass is 19.1. The zero-order chi connectivity index (χ0) is 20.1. The Kier molecular flexibility index (Phi) is 5.28. The van der Waals surface area contributed by atoms with Crippen molar-refractivity contribution >= 4 is 23.4 Å². The average Bonchev–Trinajstić information content (AvgIpc) is 3.15. The van der Waals surface area contributed by atoms with Gasteiger partial charge in [-0.15, -0.1) is 0 Å². The van der Waals surface area contributed by atoms with Gasteiger partial charge in [-0.25, -0.2) is 4.39 Å². The number of halogens is 1. The molecule has 0 saturated heterocycles. The molecule has 2 aromatic carbocycles. The van der Waals surface area contributed by atoms with Crippen molar-refractivity contribution < 1.29 is 18.5 Å². The van der Waals surface area contributed by atoms with Gasteiger partial charge in [-0.3, -0.25) is 14.9 Å². The Balaban J connectivity index is 1.83. The highest BCUT2D eigenvalue weighted by Crippen LogP contribution is 2.25. The van der Waals surface area contributed by atoms with Crippen molar-refractivity contribution in [3.8, 4) is 17.4 Å². The SMILES string of the molecule is N#C/C(=C\c1ccc(-c2ccc(F)cc2)o1)C(=O)Nc1ccccc1[N+](=O)[O-]. The summed E-state index contributed by atoms with van der Waals surface area (Å²) in [6.07, 6.45) is 1.22. The number of para-hydroxylation sites is 2. The Bertz CT molecular complexity index is 1110. The first-order chi connectivity index (χ1) is 13.5. The Morgan fingerprint density at radius 2 is 1.86 bits per heavy atom. The number of hydrogen-bond donors (Lipinski definition) is 1. The highest BCUT2D eigenvalue weighted by molar-refractivity contribution is 6.10. The largest absolute Gasteiger partial charge is 0.457 e. The normalized spacial score (nSPS) is 10.9. The van der Waals surface area contributed by atoms with E-state index in [4.69, 9.17) is 4.42 Å². The molecule has 0 aliphatic heterocycles. The molecule has 8 heteroatoms. The number of nitrogens with one attached hydrogen (secondary N) is 1. The summed E-state index contributed by atoms with van der Waals surface area (Å²) in [7, 11) is 0. The van der Waals surface area contributed by atoms with Crippen LogP contribution in [0, 0.1) is 27.3 Å². The molecule has 3 aromatic rings. The van der Waals surface area contributed by atoms with E-state index in [1.807, 2.05) is 0 Å². The molecule has 3 rings (SSSR count). The quantitative estimate of drug-likeness (QED) is 0.304. The van der Waals surface area contributed by atoms with Gasteiger partial charge in [0.1, 0.15) is 34.7 Å². The van der Waals surface area contributed by atoms with Gasteiger partial charge in [-0.05, 0) is 42.5 Å². The van der Waals surface area contributed by atoms with Gasteiger partial charge < -0.3 is 9.73 Å². The summed E-state index contributed by atoms with van der Waals surface area (Å²) in [5, 5.41) is 22.7. The topological polar surface area (TPSA) is 109 Å². The highest BCUT2D eigenvalue weighted by Gasteiger charge is 2.17. The van der Waals surface area contributed by atoms with Crippen LogP contribution < -0.4 is 5.32 Å². The number of amides is 1. The van der Waals surface area contributed by atoms with Crippen molar-refractivity contribution in [3.05, 3.63) is 87.9 Å². The molecule has 7 nitrogen and oxygen atoms in total. The number of furan rings is 1. The molecule has 138 valence electrons. The van der Waals surface area contributed by atoms with Crippen molar-refractivity contribution in [2.45, 2.75) is 0 Å². The number of carbonyl (C=O) groups excluding carboxylic acids is 1. The molecule has 1 heterocycles. The summed E-state index contributed by atoms with van der Waals surface area (Å²) in [5.74, 6) is -0.526. The number of carbonyl (C=O) groups is 1. The van der Waals surface area contributed by atoms with Crippen LogP contribution in [0.2, 0.25) is 0 Å². The summed E-state index contributed by atoms with van der Waals surface area (Å²) in [4.78, 5) is 22.7. The molecule has 1 N–H and O–H groups in total. The van der Waals surface area contributed by atoms with Gasteiger partial charge in [0.15, 0.2) is 0 Å². The van der Waals surface area contributed by atoms with Crippen molar-refractivity contribution in [2.24, 2.45) is 0 Å². The van der Waals surface area contributed by atoms with Gasteiger partial charge in [-0.1, -0.05) is 12.1 Å². The summed E-state index contributed by atoms with van der Waals surface area (Å²) in [6.45, 7) is 0. The number of nitriles is 1. The minimum atomic E-state index is -0.809. The molecule has 1 amide bonds. The number of nitrogens with zero attached hydrogens (tertiary/aromatic N) is 2. The first-order valence-electron chi connectivity index (χ1n) is 8.00. The molecule has 0 unspecified atom stereocenters. The molecular formula is C20H12FN3O4. The maximum atomic E-state index is 13.0. The summed E-state index contributed by atoms with van der Waals surface area (Å²) in [5.41, 5.74) is 0.0249. The zero-order valence-corrected chi connectivity index (χ0v) is 14.3. The molecule has 0 radical (unpaired) electrons. The number of nitro groups is 1. The molecule has 0 aliphatic rings. The van der Waals surface area contributed by atoms with Crippen LogP contribution in [-0.4, -0.2) is 10.8 Å². The van der Waals surface area contributed by atoms with Crippen LogP contribution in [0.4, 0.5) is 15.8 Å². The third-order valence-corrected chi connectivity index (χ3v) is 3.76.